The summed E-state index contributed by atoms with van der Waals surface area (Å²) in [4.78, 5) is 0. The molecule has 1 aliphatic rings. The average Bonchev–Trinajstić information content (AvgIpc) is 2.01. The standard InChI is InChI=1S/C9H20Si.Pb/c1-2-4-6-8-10-9-7-5-3-1;/h1-10H2;. The minimum Gasteiger partial charge on any atom is -0.0628 e. The smallest absolute Gasteiger partial charge is 0.0197 e. The fraction of sp³-hybridized carbons (Fsp3) is 1.00. The third-order valence-electron chi connectivity index (χ3n) is 2.50. The second-order valence-corrected chi connectivity index (χ2v) is 5.66. The van der Waals surface area contributed by atoms with Gasteiger partial charge in [0.05, 0.1) is 0 Å². The van der Waals surface area contributed by atoms with E-state index in [1.54, 1.807) is 24.9 Å². The van der Waals surface area contributed by atoms with Crippen molar-refractivity contribution in [2.24, 2.45) is 0 Å². The van der Waals surface area contributed by atoms with Gasteiger partial charge in [0.2, 0.25) is 0 Å². The van der Waals surface area contributed by atoms with Gasteiger partial charge in [0.25, 0.3) is 0 Å². The van der Waals surface area contributed by atoms with Crippen molar-refractivity contribution in [1.29, 1.82) is 0 Å². The summed E-state index contributed by atoms with van der Waals surface area (Å²) < 4.78 is 0. The van der Waals surface area contributed by atoms with Gasteiger partial charge in [0.15, 0.2) is 0 Å². The normalized spacial score (nSPS) is 21.8. The first-order valence-electron chi connectivity index (χ1n) is 5.00. The predicted octanol–water partition coefficient (Wildman–Crippen LogP) is 2.36. The maximum absolute atomic E-state index is 1.64. The Balaban J connectivity index is 0.000001000. The van der Waals surface area contributed by atoms with E-state index in [1.807, 2.05) is 0 Å². The van der Waals surface area contributed by atoms with Crippen LogP contribution < -0.4 is 0 Å². The molecule has 11 heavy (non-hydrogen) atoms. The zero-order valence-electron chi connectivity index (χ0n) is 7.57. The summed E-state index contributed by atoms with van der Waals surface area (Å²) >= 11 is 0. The largest absolute Gasteiger partial charge is 0.0628 e. The molecule has 2 heteroatoms. The van der Waals surface area contributed by atoms with E-state index in [9.17, 15) is 0 Å². The molecule has 1 heterocycles. The quantitative estimate of drug-likeness (QED) is 0.580. The molecule has 1 fully saturated rings. The van der Waals surface area contributed by atoms with Crippen LogP contribution in [0.15, 0.2) is 0 Å². The van der Waals surface area contributed by atoms with Crippen LogP contribution in [-0.4, -0.2) is 36.8 Å². The molecule has 0 saturated carbocycles. The molecule has 1 saturated heterocycles. The van der Waals surface area contributed by atoms with Gasteiger partial charge in [0.1, 0.15) is 0 Å². The Labute approximate surface area is 93.5 Å². The Morgan fingerprint density at radius 3 is 1.36 bits per heavy atom. The summed E-state index contributed by atoms with van der Waals surface area (Å²) in [5, 5.41) is 0. The second-order valence-electron chi connectivity index (χ2n) is 3.54. The molecule has 64 valence electrons. The van der Waals surface area contributed by atoms with Gasteiger partial charge in [-0.2, -0.15) is 0 Å². The Hall–Kier alpha value is 1.14. The predicted molar refractivity (Wildman–Crippen MR) is 56.2 cm³/mol. The van der Waals surface area contributed by atoms with Gasteiger partial charge in [-0.15, -0.1) is 0 Å². The Morgan fingerprint density at radius 1 is 0.545 bits per heavy atom. The monoisotopic (exact) mass is 364 g/mol. The van der Waals surface area contributed by atoms with Crippen LogP contribution in [0, 0.1) is 0 Å². The molecule has 0 aromatic heterocycles. The molecule has 1 rings (SSSR count). The van der Waals surface area contributed by atoms with Crippen molar-refractivity contribution in [2.45, 2.75) is 57.0 Å². The Kier molecular flexibility index (Phi) is 10.2. The van der Waals surface area contributed by atoms with E-state index in [0.29, 0.717) is 9.52 Å². The van der Waals surface area contributed by atoms with E-state index in [-0.39, 0.29) is 27.3 Å². The van der Waals surface area contributed by atoms with E-state index in [4.69, 9.17) is 0 Å². The first-order valence-corrected chi connectivity index (χ1v) is 7.00. The van der Waals surface area contributed by atoms with Gasteiger partial charge >= 0.3 is 0 Å². The first-order chi connectivity index (χ1) is 5.00. The third-order valence-corrected chi connectivity index (χ3v) is 4.50. The third kappa shape index (κ3) is 7.50. The summed E-state index contributed by atoms with van der Waals surface area (Å²) in [6.07, 6.45) is 10.8. The van der Waals surface area contributed by atoms with Crippen LogP contribution in [0.2, 0.25) is 12.1 Å². The topological polar surface area (TPSA) is 0 Å². The Morgan fingerprint density at radius 2 is 0.909 bits per heavy atom. The van der Waals surface area contributed by atoms with Crippen LogP contribution in [0.25, 0.3) is 0 Å². The molecule has 0 amide bonds. The molecule has 0 atom stereocenters. The van der Waals surface area contributed by atoms with E-state index in [1.165, 1.54) is 32.1 Å². The molecule has 0 unspecified atom stereocenters. The Bertz CT molecular complexity index is 42.7. The molecule has 0 N–H and O–H groups in total. The van der Waals surface area contributed by atoms with Crippen LogP contribution in [-0.2, 0) is 0 Å². The maximum atomic E-state index is 1.64. The van der Waals surface area contributed by atoms with E-state index in [0.717, 1.165) is 0 Å². The summed E-state index contributed by atoms with van der Waals surface area (Å²) in [7, 11) is 0.414. The summed E-state index contributed by atoms with van der Waals surface area (Å²) in [6.45, 7) is 0. The molecule has 0 aliphatic carbocycles. The van der Waals surface area contributed by atoms with Crippen molar-refractivity contribution >= 4 is 36.8 Å². The number of hydrogen-bond donors (Lipinski definition) is 0. The van der Waals surface area contributed by atoms with Crippen molar-refractivity contribution < 1.29 is 0 Å². The van der Waals surface area contributed by atoms with Crippen molar-refractivity contribution in [3.63, 3.8) is 0 Å². The van der Waals surface area contributed by atoms with Crippen molar-refractivity contribution in [3.8, 4) is 0 Å². The molecule has 1 aliphatic heterocycles. The molecule has 0 aromatic carbocycles. The SMILES string of the molecule is C1CCCC[SiH2]CCCC1.[Pb]. The fourth-order valence-corrected chi connectivity index (χ4v) is 3.54. The van der Waals surface area contributed by atoms with Crippen LogP contribution >= 0.6 is 0 Å². The molecule has 4 radical (unpaired) electrons. The van der Waals surface area contributed by atoms with Crippen LogP contribution in [0.3, 0.4) is 0 Å². The second kappa shape index (κ2) is 9.23. The van der Waals surface area contributed by atoms with Gasteiger partial charge in [-0.05, 0) is 0 Å². The average molecular weight is 364 g/mol. The van der Waals surface area contributed by atoms with Crippen molar-refractivity contribution in [1.82, 2.24) is 0 Å². The number of rotatable bonds is 0. The van der Waals surface area contributed by atoms with E-state index in [2.05, 4.69) is 0 Å². The van der Waals surface area contributed by atoms with Crippen LogP contribution in [0.1, 0.15) is 44.9 Å². The summed E-state index contributed by atoms with van der Waals surface area (Å²) in [6, 6.07) is 3.28. The van der Waals surface area contributed by atoms with Gasteiger partial charge in [-0.1, -0.05) is 57.0 Å². The van der Waals surface area contributed by atoms with E-state index < -0.39 is 0 Å². The zero-order chi connectivity index (χ0) is 7.07. The summed E-state index contributed by atoms with van der Waals surface area (Å²) in [5.41, 5.74) is 0. The summed E-state index contributed by atoms with van der Waals surface area (Å²) in [5.74, 6) is 0. The van der Waals surface area contributed by atoms with Gasteiger partial charge in [-0.25, -0.2) is 0 Å². The molecular weight excluding hydrogens is 343 g/mol. The molecule has 0 nitrogen and oxygen atoms in total. The first kappa shape index (κ1) is 12.1. The molecular formula is C9H20PbSi. The molecule has 0 bridgehead atoms. The van der Waals surface area contributed by atoms with Crippen molar-refractivity contribution in [3.05, 3.63) is 0 Å². The van der Waals surface area contributed by atoms with Crippen molar-refractivity contribution in [2.75, 3.05) is 0 Å². The fourth-order valence-electron chi connectivity index (χ4n) is 1.77. The zero-order valence-corrected chi connectivity index (χ0v) is 12.9. The van der Waals surface area contributed by atoms with Gasteiger partial charge in [0, 0.05) is 36.8 Å². The number of hydrogen-bond acceptors (Lipinski definition) is 0. The minimum absolute atomic E-state index is 0. The van der Waals surface area contributed by atoms with E-state index >= 15 is 0 Å². The van der Waals surface area contributed by atoms with Gasteiger partial charge in [-0.3, -0.25) is 0 Å². The van der Waals surface area contributed by atoms with Crippen LogP contribution in [0.5, 0.6) is 0 Å². The molecule has 0 aromatic rings. The molecule has 0 spiro atoms. The maximum Gasteiger partial charge on any atom is 0.0197 e. The van der Waals surface area contributed by atoms with Gasteiger partial charge < -0.3 is 0 Å². The van der Waals surface area contributed by atoms with Crippen LogP contribution in [0.4, 0.5) is 0 Å². The minimum atomic E-state index is 0.